The van der Waals surface area contributed by atoms with Gasteiger partial charge in [-0.1, -0.05) is 0 Å². The fourth-order valence-electron chi connectivity index (χ4n) is 1.90. The van der Waals surface area contributed by atoms with Gasteiger partial charge in [0, 0.05) is 32.5 Å². The lowest BCUT2D eigenvalue weighted by molar-refractivity contribution is -0.133. The summed E-state index contributed by atoms with van der Waals surface area (Å²) in [5.74, 6) is 0.01000. The van der Waals surface area contributed by atoms with Crippen molar-refractivity contribution in [3.05, 3.63) is 24.3 Å². The second kappa shape index (κ2) is 4.30. The summed E-state index contributed by atoms with van der Waals surface area (Å²) in [4.78, 5) is 34.9. The number of likely N-dealkylation sites (N-methyl/N-ethyl adjacent to an activating group) is 1. The summed E-state index contributed by atoms with van der Waals surface area (Å²) in [6, 6.07) is 1.70. The molecule has 0 bridgehead atoms. The fourth-order valence-corrected chi connectivity index (χ4v) is 1.90. The molecule has 0 radical (unpaired) electrons. The van der Waals surface area contributed by atoms with E-state index in [-0.39, 0.29) is 24.2 Å². The molecular formula is C11H12N6O2. The quantitative estimate of drug-likeness (QED) is 0.659. The van der Waals surface area contributed by atoms with Crippen LogP contribution in [-0.2, 0) is 4.79 Å². The molecule has 1 aliphatic heterocycles. The summed E-state index contributed by atoms with van der Waals surface area (Å²) < 4.78 is 1.44. The molecule has 1 fully saturated rings. The minimum atomic E-state index is -0.341. The summed E-state index contributed by atoms with van der Waals surface area (Å²) in [6.07, 6.45) is 3.25. The molecule has 98 valence electrons. The first kappa shape index (κ1) is 11.6. The molecule has 3 heterocycles. The molecule has 8 nitrogen and oxygen atoms in total. The van der Waals surface area contributed by atoms with Gasteiger partial charge in [0.25, 0.3) is 11.7 Å². The van der Waals surface area contributed by atoms with Crippen molar-refractivity contribution in [2.75, 3.05) is 26.7 Å². The smallest absolute Gasteiger partial charge is 0.294 e. The van der Waals surface area contributed by atoms with Gasteiger partial charge in [0.15, 0.2) is 0 Å². The zero-order chi connectivity index (χ0) is 13.4. The molecule has 2 aromatic heterocycles. The van der Waals surface area contributed by atoms with Crippen LogP contribution < -0.4 is 0 Å². The van der Waals surface area contributed by atoms with Crippen LogP contribution >= 0.6 is 0 Å². The van der Waals surface area contributed by atoms with Crippen molar-refractivity contribution >= 4 is 17.6 Å². The highest BCUT2D eigenvalue weighted by Crippen LogP contribution is 2.06. The summed E-state index contributed by atoms with van der Waals surface area (Å²) in [6.45, 7) is 1.08. The van der Waals surface area contributed by atoms with Crippen LogP contribution in [0.4, 0.5) is 0 Å². The summed E-state index contributed by atoms with van der Waals surface area (Å²) in [5.41, 5.74) is 0. The first-order valence-corrected chi connectivity index (χ1v) is 5.86. The standard InChI is InChI=1S/C11H12N6O2/c1-15-5-6-16(7-8(15)18)10(19)9-13-11-12-3-2-4-17(11)14-9/h2-4H,5-7H2,1H3. The highest BCUT2D eigenvalue weighted by molar-refractivity contribution is 5.94. The Kier molecular flexibility index (Phi) is 2.62. The van der Waals surface area contributed by atoms with Crippen LogP contribution in [0.3, 0.4) is 0 Å². The Hall–Kier alpha value is -2.51. The maximum Gasteiger partial charge on any atom is 0.294 e. The van der Waals surface area contributed by atoms with Crippen LogP contribution in [-0.4, -0.2) is 67.9 Å². The maximum absolute atomic E-state index is 12.2. The molecule has 2 amide bonds. The van der Waals surface area contributed by atoms with Crippen molar-refractivity contribution in [2.45, 2.75) is 0 Å². The lowest BCUT2D eigenvalue weighted by Crippen LogP contribution is -2.50. The highest BCUT2D eigenvalue weighted by Gasteiger charge is 2.28. The Morgan fingerprint density at radius 1 is 1.37 bits per heavy atom. The van der Waals surface area contributed by atoms with E-state index in [1.165, 1.54) is 9.42 Å². The number of hydrogen-bond donors (Lipinski definition) is 0. The van der Waals surface area contributed by atoms with Crippen LogP contribution in [0, 0.1) is 0 Å². The number of carbonyl (C=O) groups excluding carboxylic acids is 2. The molecule has 1 saturated heterocycles. The minimum Gasteiger partial charge on any atom is -0.342 e. The Morgan fingerprint density at radius 3 is 2.95 bits per heavy atom. The monoisotopic (exact) mass is 260 g/mol. The second-order valence-corrected chi connectivity index (χ2v) is 4.34. The number of nitrogens with zero attached hydrogens (tertiary/aromatic N) is 6. The van der Waals surface area contributed by atoms with E-state index >= 15 is 0 Å². The maximum atomic E-state index is 12.2. The van der Waals surface area contributed by atoms with Crippen molar-refractivity contribution in [3.63, 3.8) is 0 Å². The van der Waals surface area contributed by atoms with Crippen LogP contribution in [0.2, 0.25) is 0 Å². The molecule has 0 N–H and O–H groups in total. The van der Waals surface area contributed by atoms with Crippen molar-refractivity contribution in [3.8, 4) is 0 Å². The molecule has 3 rings (SSSR count). The van der Waals surface area contributed by atoms with E-state index in [0.29, 0.717) is 18.9 Å². The molecule has 0 saturated carbocycles. The lowest BCUT2D eigenvalue weighted by atomic mass is 10.3. The summed E-state index contributed by atoms with van der Waals surface area (Å²) >= 11 is 0. The van der Waals surface area contributed by atoms with E-state index < -0.39 is 0 Å². The van der Waals surface area contributed by atoms with E-state index in [1.807, 2.05) is 0 Å². The Morgan fingerprint density at radius 2 is 2.21 bits per heavy atom. The topological polar surface area (TPSA) is 83.7 Å². The van der Waals surface area contributed by atoms with Crippen LogP contribution in [0.25, 0.3) is 5.78 Å². The zero-order valence-corrected chi connectivity index (χ0v) is 10.4. The van der Waals surface area contributed by atoms with Gasteiger partial charge in [0.05, 0.1) is 0 Å². The van der Waals surface area contributed by atoms with Crippen molar-refractivity contribution in [1.82, 2.24) is 29.4 Å². The van der Waals surface area contributed by atoms with Gasteiger partial charge >= 0.3 is 0 Å². The number of aromatic nitrogens is 4. The molecule has 0 aliphatic carbocycles. The number of fused-ring (bicyclic) bond motifs is 1. The number of hydrogen-bond acceptors (Lipinski definition) is 5. The third kappa shape index (κ3) is 2.01. The largest absolute Gasteiger partial charge is 0.342 e. The van der Waals surface area contributed by atoms with E-state index in [9.17, 15) is 9.59 Å². The zero-order valence-electron chi connectivity index (χ0n) is 10.4. The number of piperazine rings is 1. The summed E-state index contributed by atoms with van der Waals surface area (Å²) in [5, 5.41) is 4.06. The molecule has 19 heavy (non-hydrogen) atoms. The molecule has 2 aromatic rings. The predicted octanol–water partition coefficient (Wildman–Crippen LogP) is -0.962. The van der Waals surface area contributed by atoms with Crippen molar-refractivity contribution < 1.29 is 9.59 Å². The summed E-state index contributed by atoms with van der Waals surface area (Å²) in [7, 11) is 1.72. The van der Waals surface area contributed by atoms with E-state index in [0.717, 1.165) is 0 Å². The SMILES string of the molecule is CN1CCN(C(=O)c2nc3ncccn3n2)CC1=O. The van der Waals surface area contributed by atoms with Crippen LogP contribution in [0.1, 0.15) is 10.6 Å². The van der Waals surface area contributed by atoms with E-state index in [2.05, 4.69) is 15.1 Å². The van der Waals surface area contributed by atoms with Gasteiger partial charge in [-0.15, -0.1) is 5.10 Å². The first-order chi connectivity index (χ1) is 9.15. The second-order valence-electron chi connectivity index (χ2n) is 4.34. The average molecular weight is 260 g/mol. The first-order valence-electron chi connectivity index (χ1n) is 5.86. The van der Waals surface area contributed by atoms with Crippen LogP contribution in [0.5, 0.6) is 0 Å². The minimum absolute atomic E-state index is 0.0658. The number of carbonyl (C=O) groups is 2. The third-order valence-corrected chi connectivity index (χ3v) is 3.05. The lowest BCUT2D eigenvalue weighted by Gasteiger charge is -2.31. The number of rotatable bonds is 1. The molecule has 0 unspecified atom stereocenters. The van der Waals surface area contributed by atoms with Crippen molar-refractivity contribution in [1.29, 1.82) is 0 Å². The van der Waals surface area contributed by atoms with E-state index in [1.54, 1.807) is 30.4 Å². The normalized spacial score (nSPS) is 16.2. The fraction of sp³-hybridized carbons (Fsp3) is 0.364. The van der Waals surface area contributed by atoms with Gasteiger partial charge in [-0.05, 0) is 6.07 Å². The van der Waals surface area contributed by atoms with Gasteiger partial charge in [-0.3, -0.25) is 9.59 Å². The van der Waals surface area contributed by atoms with Crippen molar-refractivity contribution in [2.24, 2.45) is 0 Å². The Bertz CT molecular complexity index is 618. The van der Waals surface area contributed by atoms with Gasteiger partial charge in [0.1, 0.15) is 6.54 Å². The third-order valence-electron chi connectivity index (χ3n) is 3.05. The molecular weight excluding hydrogens is 248 g/mol. The molecule has 1 aliphatic rings. The van der Waals surface area contributed by atoms with Gasteiger partial charge in [0.2, 0.25) is 11.7 Å². The predicted molar refractivity (Wildman–Crippen MR) is 64.3 cm³/mol. The Balaban J connectivity index is 1.85. The molecule has 8 heteroatoms. The van der Waals surface area contributed by atoms with Gasteiger partial charge in [-0.25, -0.2) is 9.50 Å². The molecule has 0 spiro atoms. The highest BCUT2D eigenvalue weighted by atomic mass is 16.2. The average Bonchev–Trinajstić information content (AvgIpc) is 2.85. The number of amides is 2. The van der Waals surface area contributed by atoms with E-state index in [4.69, 9.17) is 0 Å². The molecule has 0 aromatic carbocycles. The van der Waals surface area contributed by atoms with Gasteiger partial charge < -0.3 is 9.80 Å². The molecule has 0 atom stereocenters. The van der Waals surface area contributed by atoms with Crippen LogP contribution in [0.15, 0.2) is 18.5 Å². The van der Waals surface area contributed by atoms with Gasteiger partial charge in [-0.2, -0.15) is 4.98 Å². The Labute approximate surface area is 108 Å².